The van der Waals surface area contributed by atoms with Gasteiger partial charge in [0.1, 0.15) is 5.69 Å². The lowest BCUT2D eigenvalue weighted by Gasteiger charge is -2.17. The molecule has 0 unspecified atom stereocenters. The molecule has 0 saturated heterocycles. The molecule has 0 aliphatic carbocycles. The van der Waals surface area contributed by atoms with E-state index in [9.17, 15) is 13.6 Å². The van der Waals surface area contributed by atoms with E-state index in [0.29, 0.717) is 29.2 Å². The molecule has 0 fully saturated rings. The van der Waals surface area contributed by atoms with Crippen LogP contribution in [-0.4, -0.2) is 36.1 Å². The van der Waals surface area contributed by atoms with Crippen molar-refractivity contribution in [3.63, 3.8) is 0 Å². The van der Waals surface area contributed by atoms with E-state index in [1.807, 2.05) is 45.0 Å². The molecule has 3 aromatic heterocycles. The number of halogens is 2. The zero-order valence-electron chi connectivity index (χ0n) is 18.2. The van der Waals surface area contributed by atoms with Gasteiger partial charge in [0.25, 0.3) is 5.89 Å². The van der Waals surface area contributed by atoms with Crippen molar-refractivity contribution >= 4 is 11.6 Å². The number of alkyl halides is 2. The molecule has 0 aliphatic heterocycles. The lowest BCUT2D eigenvalue weighted by Crippen LogP contribution is -2.27. The summed E-state index contributed by atoms with van der Waals surface area (Å²) in [5.41, 5.74) is 2.74. The van der Waals surface area contributed by atoms with Gasteiger partial charge >= 0.3 is 6.43 Å². The quantitative estimate of drug-likeness (QED) is 0.462. The Bertz CT molecular complexity index is 1260. The highest BCUT2D eigenvalue weighted by Gasteiger charge is 2.21. The summed E-state index contributed by atoms with van der Waals surface area (Å²) in [5.74, 6) is -0.833. The third kappa shape index (κ3) is 5.25. The zero-order chi connectivity index (χ0) is 23.6. The van der Waals surface area contributed by atoms with Crippen molar-refractivity contribution in [1.82, 2.24) is 30.2 Å². The van der Waals surface area contributed by atoms with Gasteiger partial charge in [0.05, 0.1) is 24.0 Å². The van der Waals surface area contributed by atoms with E-state index in [1.165, 1.54) is 6.20 Å². The van der Waals surface area contributed by atoms with E-state index in [4.69, 9.17) is 4.42 Å². The van der Waals surface area contributed by atoms with E-state index in [1.54, 1.807) is 23.0 Å². The molecule has 1 N–H and O–H groups in total. The Morgan fingerprint density at radius 3 is 2.61 bits per heavy atom. The van der Waals surface area contributed by atoms with Crippen molar-refractivity contribution in [2.75, 3.05) is 5.32 Å². The van der Waals surface area contributed by atoms with Crippen LogP contribution < -0.4 is 5.32 Å². The maximum absolute atomic E-state index is 12.6. The number of benzene rings is 1. The predicted molar refractivity (Wildman–Crippen MR) is 115 cm³/mol. The Morgan fingerprint density at radius 2 is 1.94 bits per heavy atom. The first-order valence-corrected chi connectivity index (χ1v) is 10.1. The summed E-state index contributed by atoms with van der Waals surface area (Å²) in [7, 11) is 0. The molecule has 0 saturated carbocycles. The van der Waals surface area contributed by atoms with Crippen LogP contribution in [0.1, 0.15) is 38.8 Å². The number of hydrogen-bond acceptors (Lipinski definition) is 7. The van der Waals surface area contributed by atoms with Gasteiger partial charge in [0, 0.05) is 22.9 Å². The lowest BCUT2D eigenvalue weighted by molar-refractivity contribution is -0.123. The summed E-state index contributed by atoms with van der Waals surface area (Å²) in [6, 6.07) is 10.7. The summed E-state index contributed by atoms with van der Waals surface area (Å²) in [6.07, 6.45) is 0.417. The largest absolute Gasteiger partial charge is 0.415 e. The van der Waals surface area contributed by atoms with E-state index in [0.717, 1.165) is 5.56 Å². The Hall–Kier alpha value is -4.02. The number of nitrogens with zero attached hydrogens (tertiary/aromatic N) is 6. The Morgan fingerprint density at radius 1 is 1.12 bits per heavy atom. The fraction of sp³-hybridized carbons (Fsp3) is 0.273. The topological polar surface area (TPSA) is 112 Å². The summed E-state index contributed by atoms with van der Waals surface area (Å²) < 4.78 is 31.8. The van der Waals surface area contributed by atoms with Crippen LogP contribution in [0.15, 0.2) is 53.2 Å². The van der Waals surface area contributed by atoms with Gasteiger partial charge in [-0.25, -0.2) is 4.68 Å². The number of anilines is 1. The molecule has 9 nitrogen and oxygen atoms in total. The number of amides is 1. The van der Waals surface area contributed by atoms with E-state index < -0.39 is 17.7 Å². The Kier molecular flexibility index (Phi) is 5.95. The van der Waals surface area contributed by atoms with Crippen LogP contribution in [0.25, 0.3) is 22.7 Å². The SMILES string of the molecule is CC(C)(C)C(=O)Nc1cccc(-c2cn(Cc3ccc(-c4nnc(C(F)F)o4)cn3)nn2)c1. The Labute approximate surface area is 187 Å². The number of pyridine rings is 1. The fourth-order valence-corrected chi connectivity index (χ4v) is 2.83. The van der Waals surface area contributed by atoms with Crippen LogP contribution >= 0.6 is 0 Å². The van der Waals surface area contributed by atoms with Gasteiger partial charge < -0.3 is 9.73 Å². The predicted octanol–water partition coefficient (Wildman–Crippen LogP) is 4.36. The normalized spacial score (nSPS) is 11.7. The number of aromatic nitrogens is 6. The van der Waals surface area contributed by atoms with Crippen LogP contribution in [0.5, 0.6) is 0 Å². The highest BCUT2D eigenvalue weighted by Crippen LogP contribution is 2.24. The molecule has 4 rings (SSSR count). The van der Waals surface area contributed by atoms with Crippen LogP contribution in [0.4, 0.5) is 14.5 Å². The van der Waals surface area contributed by atoms with Crippen molar-refractivity contribution in [2.24, 2.45) is 5.41 Å². The summed E-state index contributed by atoms with van der Waals surface area (Å²) in [4.78, 5) is 16.5. The van der Waals surface area contributed by atoms with E-state index >= 15 is 0 Å². The summed E-state index contributed by atoms with van der Waals surface area (Å²) in [6.45, 7) is 5.89. The zero-order valence-corrected chi connectivity index (χ0v) is 18.2. The molecular weight excluding hydrogens is 432 g/mol. The fourth-order valence-electron chi connectivity index (χ4n) is 2.83. The molecule has 4 aromatic rings. The average Bonchev–Trinajstić information content (AvgIpc) is 3.44. The van der Waals surface area contributed by atoms with Gasteiger partial charge in [0.2, 0.25) is 11.8 Å². The van der Waals surface area contributed by atoms with Gasteiger partial charge in [-0.1, -0.05) is 38.1 Å². The Balaban J connectivity index is 1.45. The smallest absolute Gasteiger partial charge is 0.314 e. The number of hydrogen-bond donors (Lipinski definition) is 1. The summed E-state index contributed by atoms with van der Waals surface area (Å²) >= 11 is 0. The highest BCUT2D eigenvalue weighted by atomic mass is 19.3. The number of nitrogens with one attached hydrogen (secondary N) is 1. The summed E-state index contributed by atoms with van der Waals surface area (Å²) in [5, 5.41) is 18.2. The van der Waals surface area contributed by atoms with Gasteiger partial charge in [-0.2, -0.15) is 8.78 Å². The molecule has 170 valence electrons. The standard InChI is InChI=1S/C22H21F2N7O2/c1-22(2,3)21(32)26-15-6-4-5-13(9-15)17-12-31(30-27-17)11-16-8-7-14(10-25-16)19-28-29-20(33-19)18(23)24/h4-10,12,18H,11H2,1-3H3,(H,26,32). The molecule has 1 amide bonds. The first-order valence-electron chi connectivity index (χ1n) is 10.1. The van der Waals surface area contributed by atoms with E-state index in [-0.39, 0.29) is 11.8 Å². The minimum atomic E-state index is -2.82. The number of carbonyl (C=O) groups is 1. The second-order valence-corrected chi connectivity index (χ2v) is 8.37. The molecular formula is C22H21F2N7O2. The van der Waals surface area contributed by atoms with Crippen molar-refractivity contribution in [1.29, 1.82) is 0 Å². The molecule has 0 atom stereocenters. The van der Waals surface area contributed by atoms with Crippen LogP contribution in [0, 0.1) is 5.41 Å². The van der Waals surface area contributed by atoms with Crippen LogP contribution in [0.3, 0.4) is 0 Å². The first-order chi connectivity index (χ1) is 15.7. The number of rotatable bonds is 6. The van der Waals surface area contributed by atoms with Crippen LogP contribution in [-0.2, 0) is 11.3 Å². The average molecular weight is 453 g/mol. The molecule has 33 heavy (non-hydrogen) atoms. The molecule has 1 aromatic carbocycles. The highest BCUT2D eigenvalue weighted by molar-refractivity contribution is 5.95. The molecule has 0 aliphatic rings. The molecule has 0 spiro atoms. The second kappa shape index (κ2) is 8.85. The van der Waals surface area contributed by atoms with Crippen LogP contribution in [0.2, 0.25) is 0 Å². The first kappa shape index (κ1) is 22.2. The monoisotopic (exact) mass is 453 g/mol. The van der Waals surface area contributed by atoms with Gasteiger partial charge in [-0.15, -0.1) is 15.3 Å². The lowest BCUT2D eigenvalue weighted by atomic mass is 9.95. The maximum Gasteiger partial charge on any atom is 0.314 e. The molecule has 3 heterocycles. The van der Waals surface area contributed by atoms with Crippen molar-refractivity contribution in [3.05, 3.63) is 60.4 Å². The van der Waals surface area contributed by atoms with E-state index in [2.05, 4.69) is 30.8 Å². The second-order valence-electron chi connectivity index (χ2n) is 8.37. The molecule has 0 radical (unpaired) electrons. The minimum absolute atomic E-state index is 0.0224. The van der Waals surface area contributed by atoms with Gasteiger partial charge in [-0.05, 0) is 24.3 Å². The minimum Gasteiger partial charge on any atom is -0.415 e. The van der Waals surface area contributed by atoms with Crippen molar-refractivity contribution < 1.29 is 18.0 Å². The van der Waals surface area contributed by atoms with Crippen molar-refractivity contribution in [2.45, 2.75) is 33.7 Å². The van der Waals surface area contributed by atoms with Gasteiger partial charge in [-0.3, -0.25) is 9.78 Å². The number of carbonyl (C=O) groups excluding carboxylic acids is 1. The molecule has 11 heteroatoms. The van der Waals surface area contributed by atoms with Gasteiger partial charge in [0.15, 0.2) is 0 Å². The maximum atomic E-state index is 12.6. The molecule has 0 bridgehead atoms. The van der Waals surface area contributed by atoms with Crippen molar-refractivity contribution in [3.8, 4) is 22.7 Å². The third-order valence-electron chi connectivity index (χ3n) is 4.66. The third-order valence-corrected chi connectivity index (χ3v) is 4.66.